The number of amides is 2. The molecule has 0 spiro atoms. The molecule has 0 radical (unpaired) electrons. The number of carbonyl (C=O) groups excluding carboxylic acids is 1. The van der Waals surface area contributed by atoms with Gasteiger partial charge in [0, 0.05) is 19.1 Å². The van der Waals surface area contributed by atoms with Gasteiger partial charge in [-0.15, -0.1) is 0 Å². The summed E-state index contributed by atoms with van der Waals surface area (Å²) in [4.78, 5) is 14.5. The summed E-state index contributed by atoms with van der Waals surface area (Å²) in [7, 11) is 0. The first-order valence-corrected chi connectivity index (χ1v) is 9.79. The summed E-state index contributed by atoms with van der Waals surface area (Å²) in [5.74, 6) is 0.713. The minimum absolute atomic E-state index is 0.0792. The fourth-order valence-electron chi connectivity index (χ4n) is 3.32. The van der Waals surface area contributed by atoms with Crippen molar-refractivity contribution in [1.29, 1.82) is 0 Å². The predicted molar refractivity (Wildman–Crippen MR) is 109 cm³/mol. The molecule has 27 heavy (non-hydrogen) atoms. The second kappa shape index (κ2) is 9.97. The van der Waals surface area contributed by atoms with Gasteiger partial charge in [0.15, 0.2) is 0 Å². The number of hydrogen-bond acceptors (Lipinski definition) is 3. The van der Waals surface area contributed by atoms with Crippen LogP contribution in [0.4, 0.5) is 10.5 Å². The van der Waals surface area contributed by atoms with E-state index in [9.17, 15) is 4.79 Å². The molecule has 2 aromatic rings. The van der Waals surface area contributed by atoms with Crippen molar-refractivity contribution in [3.8, 4) is 5.75 Å². The molecule has 3 N–H and O–H groups in total. The summed E-state index contributed by atoms with van der Waals surface area (Å²) in [6.45, 7) is 2.06. The molecule has 3 rings (SSSR count). The molecule has 2 aromatic carbocycles. The fourth-order valence-corrected chi connectivity index (χ4v) is 3.32. The van der Waals surface area contributed by atoms with Crippen molar-refractivity contribution in [2.75, 3.05) is 25.0 Å². The highest BCUT2D eigenvalue weighted by Crippen LogP contribution is 2.25. The van der Waals surface area contributed by atoms with Gasteiger partial charge in [0.2, 0.25) is 0 Å². The van der Waals surface area contributed by atoms with Gasteiger partial charge in [-0.3, -0.25) is 0 Å². The molecule has 5 nitrogen and oxygen atoms in total. The Labute approximate surface area is 161 Å². The zero-order valence-corrected chi connectivity index (χ0v) is 15.8. The molecule has 1 atom stereocenters. The monoisotopic (exact) mass is 367 g/mol. The summed E-state index contributed by atoms with van der Waals surface area (Å²) in [5, 5.41) is 3.00. The quantitative estimate of drug-likeness (QED) is 0.757. The number of aryl methyl sites for hydroxylation is 1. The molecule has 5 heteroatoms. The lowest BCUT2D eigenvalue weighted by atomic mass is 10.1. The Morgan fingerprint density at radius 1 is 1.07 bits per heavy atom. The fraction of sp³-hybridized carbons (Fsp3) is 0.409. The van der Waals surface area contributed by atoms with Crippen LogP contribution < -0.4 is 15.8 Å². The highest BCUT2D eigenvalue weighted by Gasteiger charge is 2.19. The molecule has 0 saturated carbocycles. The molecule has 144 valence electrons. The molecule has 1 saturated heterocycles. The van der Waals surface area contributed by atoms with Crippen molar-refractivity contribution in [2.45, 2.75) is 38.1 Å². The van der Waals surface area contributed by atoms with E-state index in [0.29, 0.717) is 18.9 Å². The highest BCUT2D eigenvalue weighted by atomic mass is 16.5. The Balaban J connectivity index is 1.51. The first-order chi connectivity index (χ1) is 13.2. The van der Waals surface area contributed by atoms with Gasteiger partial charge in [0.05, 0.1) is 12.3 Å². The van der Waals surface area contributed by atoms with Crippen LogP contribution in [0.25, 0.3) is 0 Å². The summed E-state index contributed by atoms with van der Waals surface area (Å²) in [6.07, 6.45) is 4.68. The summed E-state index contributed by atoms with van der Waals surface area (Å²) < 4.78 is 5.94. The third kappa shape index (κ3) is 6.00. The van der Waals surface area contributed by atoms with E-state index in [4.69, 9.17) is 10.5 Å². The number of urea groups is 1. The van der Waals surface area contributed by atoms with Crippen LogP contribution in [0, 0.1) is 0 Å². The van der Waals surface area contributed by atoms with Crippen molar-refractivity contribution in [2.24, 2.45) is 5.73 Å². The van der Waals surface area contributed by atoms with Crippen LogP contribution in [0.15, 0.2) is 54.6 Å². The first kappa shape index (κ1) is 19.2. The van der Waals surface area contributed by atoms with E-state index in [2.05, 4.69) is 29.6 Å². The molecule has 1 aliphatic heterocycles. The molecule has 0 aromatic heterocycles. The van der Waals surface area contributed by atoms with Crippen LogP contribution in [0.3, 0.4) is 0 Å². The van der Waals surface area contributed by atoms with Gasteiger partial charge in [0.1, 0.15) is 5.75 Å². The highest BCUT2D eigenvalue weighted by molar-refractivity contribution is 5.91. The first-order valence-electron chi connectivity index (χ1n) is 9.79. The number of nitrogens with zero attached hydrogens (tertiary/aromatic N) is 1. The van der Waals surface area contributed by atoms with Gasteiger partial charge in [-0.25, -0.2) is 4.79 Å². The molecular weight excluding hydrogens is 338 g/mol. The lowest BCUT2D eigenvalue weighted by molar-refractivity contribution is 0.213. The third-order valence-electron chi connectivity index (χ3n) is 4.90. The largest absolute Gasteiger partial charge is 0.491 e. The van der Waals surface area contributed by atoms with Crippen molar-refractivity contribution in [3.05, 3.63) is 60.2 Å². The third-order valence-corrected chi connectivity index (χ3v) is 4.90. The van der Waals surface area contributed by atoms with Crippen molar-refractivity contribution < 1.29 is 9.53 Å². The van der Waals surface area contributed by atoms with Gasteiger partial charge >= 0.3 is 6.03 Å². The van der Waals surface area contributed by atoms with E-state index in [-0.39, 0.29) is 12.1 Å². The molecule has 0 bridgehead atoms. The van der Waals surface area contributed by atoms with Gasteiger partial charge in [-0.2, -0.15) is 0 Å². The van der Waals surface area contributed by atoms with Crippen molar-refractivity contribution in [3.63, 3.8) is 0 Å². The van der Waals surface area contributed by atoms with Crippen LogP contribution in [0.1, 0.15) is 31.2 Å². The summed E-state index contributed by atoms with van der Waals surface area (Å²) in [5.41, 5.74) is 8.03. The number of hydrogen-bond donors (Lipinski definition) is 2. The average molecular weight is 367 g/mol. The molecule has 1 fully saturated rings. The lowest BCUT2D eigenvalue weighted by Crippen LogP contribution is -2.36. The van der Waals surface area contributed by atoms with Gasteiger partial charge < -0.3 is 20.7 Å². The number of rotatable bonds is 6. The maximum Gasteiger partial charge on any atom is 0.321 e. The normalized spacial score (nSPS) is 17.2. The van der Waals surface area contributed by atoms with Crippen LogP contribution in [-0.4, -0.2) is 36.7 Å². The van der Waals surface area contributed by atoms with Crippen LogP contribution in [0.2, 0.25) is 0 Å². The van der Waals surface area contributed by atoms with Crippen LogP contribution >= 0.6 is 0 Å². The van der Waals surface area contributed by atoms with E-state index in [1.165, 1.54) is 5.56 Å². The van der Waals surface area contributed by atoms with E-state index in [1.54, 1.807) is 0 Å². The molecule has 0 aliphatic carbocycles. The SMILES string of the molecule is N[C@H]1CCCN(C(=O)Nc2ccccc2OCCCc2ccccc2)CC1. The summed E-state index contributed by atoms with van der Waals surface area (Å²) >= 11 is 0. The number of nitrogens with one attached hydrogen (secondary N) is 1. The van der Waals surface area contributed by atoms with E-state index >= 15 is 0 Å². The van der Waals surface area contributed by atoms with Crippen LogP contribution in [-0.2, 0) is 6.42 Å². The van der Waals surface area contributed by atoms with Crippen molar-refractivity contribution in [1.82, 2.24) is 4.90 Å². The van der Waals surface area contributed by atoms with Crippen molar-refractivity contribution >= 4 is 11.7 Å². The Hall–Kier alpha value is -2.53. The second-order valence-electron chi connectivity index (χ2n) is 7.04. The van der Waals surface area contributed by atoms with E-state index in [1.807, 2.05) is 35.2 Å². The van der Waals surface area contributed by atoms with E-state index < -0.39 is 0 Å². The zero-order chi connectivity index (χ0) is 18.9. The van der Waals surface area contributed by atoms with Gasteiger partial charge in [0.25, 0.3) is 0 Å². The maximum absolute atomic E-state index is 12.6. The minimum atomic E-state index is -0.0792. The Morgan fingerprint density at radius 2 is 1.85 bits per heavy atom. The lowest BCUT2D eigenvalue weighted by Gasteiger charge is -2.22. The molecular formula is C22H29N3O2. The number of likely N-dealkylation sites (tertiary alicyclic amines) is 1. The smallest absolute Gasteiger partial charge is 0.321 e. The Morgan fingerprint density at radius 3 is 2.70 bits per heavy atom. The number of anilines is 1. The molecule has 1 heterocycles. The number of ether oxygens (including phenoxy) is 1. The molecule has 1 aliphatic rings. The van der Waals surface area contributed by atoms with E-state index in [0.717, 1.165) is 44.3 Å². The molecule has 0 unspecified atom stereocenters. The Bertz CT molecular complexity index is 721. The number of para-hydroxylation sites is 2. The van der Waals surface area contributed by atoms with Gasteiger partial charge in [-0.05, 0) is 49.8 Å². The van der Waals surface area contributed by atoms with Crippen LogP contribution in [0.5, 0.6) is 5.75 Å². The zero-order valence-electron chi connectivity index (χ0n) is 15.8. The standard InChI is InChI=1S/C22H29N3O2/c23-19-11-6-15-25(16-14-19)22(26)24-20-12-4-5-13-21(20)27-17-7-10-18-8-2-1-3-9-18/h1-5,8-9,12-13,19H,6-7,10-11,14-17,23H2,(H,24,26)/t19-/m0/s1. The maximum atomic E-state index is 12.6. The topological polar surface area (TPSA) is 67.6 Å². The number of benzene rings is 2. The molecule has 2 amide bonds. The number of carbonyl (C=O) groups is 1. The Kier molecular flexibility index (Phi) is 7.11. The predicted octanol–water partition coefficient (Wildman–Crippen LogP) is 4.04. The number of nitrogens with two attached hydrogens (primary N) is 1. The van der Waals surface area contributed by atoms with Gasteiger partial charge in [-0.1, -0.05) is 42.5 Å². The minimum Gasteiger partial charge on any atom is -0.491 e. The average Bonchev–Trinajstić information content (AvgIpc) is 2.92. The summed E-state index contributed by atoms with van der Waals surface area (Å²) in [6, 6.07) is 18.1. The second-order valence-corrected chi connectivity index (χ2v) is 7.04.